The van der Waals surface area contributed by atoms with Gasteiger partial charge in [0.25, 0.3) is 0 Å². The normalized spacial score (nSPS) is 17.4. The lowest BCUT2D eigenvalue weighted by molar-refractivity contribution is 0.122. The lowest BCUT2D eigenvalue weighted by Crippen LogP contribution is -2.36. The third kappa shape index (κ3) is 6.97. The number of hydrogen-bond donors (Lipinski definition) is 0. The topological polar surface area (TPSA) is 138 Å². The second kappa shape index (κ2) is 13.4. The Morgan fingerprint density at radius 2 is 1.86 bits per heavy atom. The Balaban J connectivity index is 0.00000190. The van der Waals surface area contributed by atoms with Crippen molar-refractivity contribution < 1.29 is 20.4 Å². The van der Waals surface area contributed by atoms with E-state index in [1.807, 2.05) is 24.3 Å². The van der Waals surface area contributed by atoms with E-state index in [0.29, 0.717) is 17.7 Å². The van der Waals surface area contributed by atoms with Gasteiger partial charge in [0, 0.05) is 50.0 Å². The zero-order chi connectivity index (χ0) is 24.0. The second-order valence-electron chi connectivity index (χ2n) is 8.72. The molecule has 9 nitrogen and oxygen atoms in total. The van der Waals surface area contributed by atoms with Crippen LogP contribution in [0.5, 0.6) is 5.75 Å². The van der Waals surface area contributed by atoms with Crippen molar-refractivity contribution in [1.29, 1.82) is 5.26 Å². The van der Waals surface area contributed by atoms with E-state index in [0.717, 1.165) is 68.5 Å². The SMILES string of the molecule is CSN1CCC(Oc2ccc(-c3ccnc(Cc4ccc(N5CCOCC5)cc4)n3)cc2C#N)C1.O.O. The van der Waals surface area contributed by atoms with Gasteiger partial charge < -0.3 is 25.3 Å². The Morgan fingerprint density at radius 3 is 2.57 bits per heavy atom. The van der Waals surface area contributed by atoms with Crippen molar-refractivity contribution >= 4 is 17.6 Å². The van der Waals surface area contributed by atoms with Gasteiger partial charge in [0.1, 0.15) is 23.7 Å². The molecule has 5 rings (SSSR count). The molecule has 0 spiro atoms. The third-order valence-corrected chi connectivity index (χ3v) is 7.28. The van der Waals surface area contributed by atoms with Crippen molar-refractivity contribution in [3.8, 4) is 23.1 Å². The van der Waals surface area contributed by atoms with Gasteiger partial charge in [-0.2, -0.15) is 5.26 Å². The van der Waals surface area contributed by atoms with Crippen LogP contribution in [-0.2, 0) is 11.2 Å². The van der Waals surface area contributed by atoms with Crippen LogP contribution in [0, 0.1) is 11.3 Å². The number of rotatable bonds is 7. The summed E-state index contributed by atoms with van der Waals surface area (Å²) in [7, 11) is 0. The Kier molecular flexibility index (Phi) is 10.3. The fraction of sp³-hybridized carbons (Fsp3) is 0.370. The van der Waals surface area contributed by atoms with Crippen molar-refractivity contribution in [2.75, 3.05) is 50.5 Å². The van der Waals surface area contributed by atoms with E-state index >= 15 is 0 Å². The fourth-order valence-electron chi connectivity index (χ4n) is 4.49. The highest BCUT2D eigenvalue weighted by Crippen LogP contribution is 2.28. The molecule has 0 aliphatic carbocycles. The molecule has 1 unspecified atom stereocenters. The summed E-state index contributed by atoms with van der Waals surface area (Å²) in [5.74, 6) is 1.39. The van der Waals surface area contributed by atoms with Gasteiger partial charge in [-0.15, -0.1) is 0 Å². The number of benzene rings is 2. The van der Waals surface area contributed by atoms with E-state index in [1.165, 1.54) is 5.69 Å². The number of aromatic nitrogens is 2. The maximum Gasteiger partial charge on any atom is 0.137 e. The number of hydrogen-bond acceptors (Lipinski definition) is 8. The molecule has 0 radical (unpaired) electrons. The van der Waals surface area contributed by atoms with Crippen LogP contribution in [0.4, 0.5) is 5.69 Å². The smallest absolute Gasteiger partial charge is 0.137 e. The Hall–Kier alpha value is -3.20. The van der Waals surface area contributed by atoms with Crippen molar-refractivity contribution in [3.63, 3.8) is 0 Å². The van der Waals surface area contributed by atoms with Gasteiger partial charge in [-0.05, 0) is 54.6 Å². The number of nitrogens with zero attached hydrogens (tertiary/aromatic N) is 5. The summed E-state index contributed by atoms with van der Waals surface area (Å²) in [5.41, 5.74) is 4.60. The van der Waals surface area contributed by atoms with Crippen LogP contribution in [0.25, 0.3) is 11.3 Å². The molecule has 0 saturated carbocycles. The minimum Gasteiger partial charge on any atom is -0.488 e. The Labute approximate surface area is 221 Å². The van der Waals surface area contributed by atoms with Crippen LogP contribution in [0.2, 0.25) is 0 Å². The molecule has 4 N–H and O–H groups in total. The summed E-state index contributed by atoms with van der Waals surface area (Å²) < 4.78 is 13.9. The molecule has 196 valence electrons. The summed E-state index contributed by atoms with van der Waals surface area (Å²) in [5, 5.41) is 9.74. The van der Waals surface area contributed by atoms with Crippen molar-refractivity contribution in [3.05, 3.63) is 71.7 Å². The quantitative estimate of drug-likeness (QED) is 0.431. The van der Waals surface area contributed by atoms with Gasteiger partial charge >= 0.3 is 0 Å². The molecule has 1 aromatic heterocycles. The molecular formula is C27H33N5O4S. The molecule has 2 saturated heterocycles. The van der Waals surface area contributed by atoms with Crippen molar-refractivity contribution in [2.24, 2.45) is 0 Å². The van der Waals surface area contributed by atoms with Gasteiger partial charge in [0.2, 0.25) is 0 Å². The summed E-state index contributed by atoms with van der Waals surface area (Å²) in [6.07, 6.45) is 5.59. The molecule has 3 aromatic rings. The van der Waals surface area contributed by atoms with E-state index < -0.39 is 0 Å². The molecule has 37 heavy (non-hydrogen) atoms. The van der Waals surface area contributed by atoms with E-state index in [9.17, 15) is 5.26 Å². The average Bonchev–Trinajstić information content (AvgIpc) is 3.38. The fourth-order valence-corrected chi connectivity index (χ4v) is 5.10. The molecule has 2 aromatic carbocycles. The molecule has 0 amide bonds. The van der Waals surface area contributed by atoms with Gasteiger partial charge in [-0.1, -0.05) is 24.1 Å². The summed E-state index contributed by atoms with van der Waals surface area (Å²) in [4.78, 5) is 11.6. The molecule has 0 bridgehead atoms. The van der Waals surface area contributed by atoms with Gasteiger partial charge in [0.15, 0.2) is 0 Å². The molecule has 3 heterocycles. The minimum absolute atomic E-state index is 0. The van der Waals surface area contributed by atoms with Crippen LogP contribution in [0.1, 0.15) is 23.4 Å². The largest absolute Gasteiger partial charge is 0.488 e. The van der Waals surface area contributed by atoms with Crippen LogP contribution < -0.4 is 9.64 Å². The van der Waals surface area contributed by atoms with Crippen LogP contribution in [0.15, 0.2) is 54.7 Å². The van der Waals surface area contributed by atoms with E-state index in [2.05, 4.69) is 50.8 Å². The van der Waals surface area contributed by atoms with Gasteiger partial charge in [-0.3, -0.25) is 0 Å². The van der Waals surface area contributed by atoms with Crippen LogP contribution in [-0.4, -0.2) is 77.0 Å². The first-order chi connectivity index (χ1) is 17.2. The number of ether oxygens (including phenoxy) is 2. The first-order valence-electron chi connectivity index (χ1n) is 12.0. The molecule has 2 aliphatic rings. The van der Waals surface area contributed by atoms with Crippen LogP contribution >= 0.6 is 11.9 Å². The highest BCUT2D eigenvalue weighted by Gasteiger charge is 2.24. The molecular weight excluding hydrogens is 490 g/mol. The van der Waals surface area contributed by atoms with E-state index in [1.54, 1.807) is 18.1 Å². The second-order valence-corrected chi connectivity index (χ2v) is 9.60. The molecule has 10 heteroatoms. The lowest BCUT2D eigenvalue weighted by Gasteiger charge is -2.28. The monoisotopic (exact) mass is 523 g/mol. The van der Waals surface area contributed by atoms with E-state index in [-0.39, 0.29) is 17.1 Å². The number of anilines is 1. The Morgan fingerprint density at radius 1 is 1.08 bits per heavy atom. The number of morpholine rings is 1. The van der Waals surface area contributed by atoms with E-state index in [4.69, 9.17) is 14.5 Å². The first-order valence-corrected chi connectivity index (χ1v) is 13.1. The molecule has 1 atom stereocenters. The van der Waals surface area contributed by atoms with Gasteiger partial charge in [-0.25, -0.2) is 14.3 Å². The highest BCUT2D eigenvalue weighted by molar-refractivity contribution is 7.96. The highest BCUT2D eigenvalue weighted by atomic mass is 32.2. The molecule has 2 fully saturated rings. The molecule has 2 aliphatic heterocycles. The maximum atomic E-state index is 9.74. The zero-order valence-electron chi connectivity index (χ0n) is 20.9. The summed E-state index contributed by atoms with van der Waals surface area (Å²) in [6, 6.07) is 18.5. The average molecular weight is 524 g/mol. The number of nitriles is 1. The van der Waals surface area contributed by atoms with Crippen LogP contribution in [0.3, 0.4) is 0 Å². The third-order valence-electron chi connectivity index (χ3n) is 6.44. The van der Waals surface area contributed by atoms with Crippen molar-refractivity contribution in [2.45, 2.75) is 18.9 Å². The predicted molar refractivity (Wildman–Crippen MR) is 146 cm³/mol. The zero-order valence-corrected chi connectivity index (χ0v) is 21.7. The maximum absolute atomic E-state index is 9.74. The standard InChI is InChI=1S/C27H29N5O2S.2H2O/c1-35-32-11-9-24(19-32)34-26-7-4-21(17-22(26)18-28)25-8-10-29-27(30-25)16-20-2-5-23(6-3-20)31-12-14-33-15-13-31;;/h2-8,10,17,24H,9,11-16,19H2,1H3;2*1H2. The summed E-state index contributed by atoms with van der Waals surface area (Å²) in [6.45, 7) is 5.29. The van der Waals surface area contributed by atoms with Gasteiger partial charge in [0.05, 0.1) is 24.5 Å². The minimum atomic E-state index is 0. The predicted octanol–water partition coefficient (Wildman–Crippen LogP) is 2.52. The first kappa shape index (κ1) is 28.4. The Bertz CT molecular complexity index is 1200. The van der Waals surface area contributed by atoms with Crippen molar-refractivity contribution in [1.82, 2.24) is 14.3 Å². The lowest BCUT2D eigenvalue weighted by atomic mass is 10.1. The summed E-state index contributed by atoms with van der Waals surface area (Å²) >= 11 is 1.73.